The van der Waals surface area contributed by atoms with Crippen LogP contribution in [0.25, 0.3) is 0 Å². The van der Waals surface area contributed by atoms with Crippen molar-refractivity contribution in [1.82, 2.24) is 4.90 Å². The number of ether oxygens (including phenoxy) is 1. The van der Waals surface area contributed by atoms with Crippen LogP contribution in [-0.4, -0.2) is 36.6 Å². The van der Waals surface area contributed by atoms with E-state index in [2.05, 4.69) is 25.7 Å². The lowest BCUT2D eigenvalue weighted by Gasteiger charge is -2.26. The number of carbonyl (C=O) groups excluding carboxylic acids is 1. The van der Waals surface area contributed by atoms with Crippen LogP contribution in [0.15, 0.2) is 0 Å². The quantitative estimate of drug-likeness (QED) is 0.397. The van der Waals surface area contributed by atoms with E-state index in [4.69, 9.17) is 4.74 Å². The number of hydrogen-bond donors (Lipinski definition) is 0. The van der Waals surface area contributed by atoms with Gasteiger partial charge in [0, 0.05) is 12.5 Å². The molecule has 0 aromatic rings. The Morgan fingerprint density at radius 2 is 1.63 bits per heavy atom. The Morgan fingerprint density at radius 3 is 2.16 bits per heavy atom. The number of nitrogens with zero attached hydrogens (tertiary/aromatic N) is 1. The monoisotopic (exact) mass is 271 g/mol. The van der Waals surface area contributed by atoms with E-state index in [-0.39, 0.29) is 5.97 Å². The Balaban J connectivity index is 3.61. The fraction of sp³-hybridized carbons (Fsp3) is 0.938. The Labute approximate surface area is 119 Å². The van der Waals surface area contributed by atoms with Gasteiger partial charge in [-0.2, -0.15) is 0 Å². The minimum Gasteiger partial charge on any atom is -0.466 e. The van der Waals surface area contributed by atoms with Gasteiger partial charge in [-0.3, -0.25) is 4.79 Å². The number of esters is 1. The van der Waals surface area contributed by atoms with Gasteiger partial charge in [0.1, 0.15) is 0 Å². The van der Waals surface area contributed by atoms with Gasteiger partial charge >= 0.3 is 5.97 Å². The van der Waals surface area contributed by atoms with Crippen LogP contribution in [-0.2, 0) is 9.53 Å². The highest BCUT2D eigenvalue weighted by molar-refractivity contribution is 5.69. The van der Waals surface area contributed by atoms with E-state index in [1.54, 1.807) is 0 Å². The first kappa shape index (κ1) is 18.4. The molecule has 0 saturated carbocycles. The average molecular weight is 271 g/mol. The van der Waals surface area contributed by atoms with Crippen LogP contribution in [0, 0.1) is 0 Å². The fourth-order valence-corrected chi connectivity index (χ4v) is 2.19. The third-order valence-corrected chi connectivity index (χ3v) is 3.41. The van der Waals surface area contributed by atoms with Crippen molar-refractivity contribution >= 4 is 5.97 Å². The van der Waals surface area contributed by atoms with Gasteiger partial charge in [-0.15, -0.1) is 0 Å². The molecule has 0 aromatic carbocycles. The van der Waals surface area contributed by atoms with E-state index >= 15 is 0 Å². The first-order chi connectivity index (χ1) is 9.11. The first-order valence-corrected chi connectivity index (χ1v) is 8.01. The van der Waals surface area contributed by atoms with Gasteiger partial charge in [-0.1, -0.05) is 26.2 Å². The molecule has 0 bridgehead atoms. The second kappa shape index (κ2) is 12.5. The van der Waals surface area contributed by atoms with Crippen molar-refractivity contribution in [3.05, 3.63) is 0 Å². The molecule has 0 heterocycles. The van der Waals surface area contributed by atoms with Crippen molar-refractivity contribution in [3.8, 4) is 0 Å². The lowest BCUT2D eigenvalue weighted by Crippen LogP contribution is -2.32. The molecule has 0 radical (unpaired) electrons. The molecule has 0 aliphatic carbocycles. The molecule has 0 spiro atoms. The maximum absolute atomic E-state index is 11.2. The molecule has 0 atom stereocenters. The maximum Gasteiger partial charge on any atom is 0.305 e. The lowest BCUT2D eigenvalue weighted by atomic mass is 10.1. The van der Waals surface area contributed by atoms with Crippen LogP contribution in [0.5, 0.6) is 0 Å². The normalized spacial score (nSPS) is 11.3. The Bertz CT molecular complexity index is 217. The molecule has 0 aliphatic heterocycles. The third kappa shape index (κ3) is 11.0. The molecule has 0 rings (SSSR count). The summed E-state index contributed by atoms with van der Waals surface area (Å²) in [5.41, 5.74) is 0. The highest BCUT2D eigenvalue weighted by Gasteiger charge is 2.08. The number of carbonyl (C=O) groups is 1. The predicted octanol–water partition coefficient (Wildman–Crippen LogP) is 4.01. The van der Waals surface area contributed by atoms with E-state index in [1.807, 2.05) is 6.92 Å². The van der Waals surface area contributed by atoms with Gasteiger partial charge in [-0.05, 0) is 53.1 Å². The van der Waals surface area contributed by atoms with Crippen molar-refractivity contribution in [2.24, 2.45) is 0 Å². The van der Waals surface area contributed by atoms with E-state index < -0.39 is 0 Å². The van der Waals surface area contributed by atoms with Crippen molar-refractivity contribution in [2.45, 2.75) is 78.7 Å². The van der Waals surface area contributed by atoms with E-state index in [0.29, 0.717) is 19.1 Å². The second-order valence-corrected chi connectivity index (χ2v) is 5.45. The van der Waals surface area contributed by atoms with Gasteiger partial charge in [0.05, 0.1) is 6.61 Å². The summed E-state index contributed by atoms with van der Waals surface area (Å²) in [7, 11) is 0. The molecule has 0 aromatic heterocycles. The summed E-state index contributed by atoms with van der Waals surface area (Å²) < 4.78 is 4.92. The van der Waals surface area contributed by atoms with Crippen LogP contribution in [0.1, 0.15) is 72.6 Å². The molecule has 3 nitrogen and oxygen atoms in total. The zero-order valence-corrected chi connectivity index (χ0v) is 13.4. The molecular formula is C16H33NO2. The predicted molar refractivity (Wildman–Crippen MR) is 81.3 cm³/mol. The van der Waals surface area contributed by atoms with Gasteiger partial charge in [0.25, 0.3) is 0 Å². The summed E-state index contributed by atoms with van der Waals surface area (Å²) in [6, 6.07) is 0.627. The first-order valence-electron chi connectivity index (χ1n) is 8.01. The molecule has 0 saturated heterocycles. The Kier molecular flexibility index (Phi) is 12.1. The zero-order chi connectivity index (χ0) is 14.5. The Morgan fingerprint density at radius 1 is 1.00 bits per heavy atom. The van der Waals surface area contributed by atoms with Crippen LogP contribution in [0.3, 0.4) is 0 Å². The summed E-state index contributed by atoms with van der Waals surface area (Å²) in [5.74, 6) is -0.0499. The maximum atomic E-state index is 11.2. The van der Waals surface area contributed by atoms with Crippen molar-refractivity contribution in [1.29, 1.82) is 0 Å². The third-order valence-electron chi connectivity index (χ3n) is 3.41. The molecule has 0 fully saturated rings. The minimum absolute atomic E-state index is 0.0499. The summed E-state index contributed by atoms with van der Waals surface area (Å²) >= 11 is 0. The van der Waals surface area contributed by atoms with Gasteiger partial charge in [0.2, 0.25) is 0 Å². The van der Waals surface area contributed by atoms with Crippen LogP contribution in [0.2, 0.25) is 0 Å². The summed E-state index contributed by atoms with van der Waals surface area (Å²) in [6.45, 7) is 11.5. The smallest absolute Gasteiger partial charge is 0.305 e. The number of hydrogen-bond acceptors (Lipinski definition) is 3. The molecular weight excluding hydrogens is 238 g/mol. The standard InChI is InChI=1S/C16H33NO2/c1-5-7-10-13-17(15(3)4)14-11-8-9-12-16(18)19-6-2/h15H,5-14H2,1-4H3. The van der Waals surface area contributed by atoms with Crippen LogP contribution >= 0.6 is 0 Å². The molecule has 19 heavy (non-hydrogen) atoms. The Hall–Kier alpha value is -0.570. The lowest BCUT2D eigenvalue weighted by molar-refractivity contribution is -0.143. The molecule has 0 unspecified atom stereocenters. The van der Waals surface area contributed by atoms with Crippen LogP contribution < -0.4 is 0 Å². The SMILES string of the molecule is CCCCCN(CCCCCC(=O)OCC)C(C)C. The molecule has 0 aliphatic rings. The topological polar surface area (TPSA) is 29.5 Å². The molecule has 3 heteroatoms. The van der Waals surface area contributed by atoms with Crippen molar-refractivity contribution in [3.63, 3.8) is 0 Å². The highest BCUT2D eigenvalue weighted by Crippen LogP contribution is 2.08. The molecule has 114 valence electrons. The summed E-state index contributed by atoms with van der Waals surface area (Å²) in [6.07, 6.45) is 7.75. The van der Waals surface area contributed by atoms with Gasteiger partial charge in [0.15, 0.2) is 0 Å². The fourth-order valence-electron chi connectivity index (χ4n) is 2.19. The van der Waals surface area contributed by atoms with Crippen molar-refractivity contribution in [2.75, 3.05) is 19.7 Å². The highest BCUT2D eigenvalue weighted by atomic mass is 16.5. The summed E-state index contributed by atoms with van der Waals surface area (Å²) in [4.78, 5) is 13.7. The molecule has 0 amide bonds. The van der Waals surface area contributed by atoms with Gasteiger partial charge < -0.3 is 9.64 Å². The van der Waals surface area contributed by atoms with Crippen LogP contribution in [0.4, 0.5) is 0 Å². The average Bonchev–Trinajstić information content (AvgIpc) is 2.36. The van der Waals surface area contributed by atoms with E-state index in [9.17, 15) is 4.79 Å². The van der Waals surface area contributed by atoms with Crippen molar-refractivity contribution < 1.29 is 9.53 Å². The summed E-state index contributed by atoms with van der Waals surface area (Å²) in [5, 5.41) is 0. The van der Waals surface area contributed by atoms with Gasteiger partial charge in [-0.25, -0.2) is 0 Å². The largest absolute Gasteiger partial charge is 0.466 e. The number of unbranched alkanes of at least 4 members (excludes halogenated alkanes) is 4. The van der Waals surface area contributed by atoms with E-state index in [0.717, 1.165) is 19.4 Å². The molecule has 0 N–H and O–H groups in total. The minimum atomic E-state index is -0.0499. The zero-order valence-electron chi connectivity index (χ0n) is 13.4. The second-order valence-electron chi connectivity index (χ2n) is 5.45. The van der Waals surface area contributed by atoms with E-state index in [1.165, 1.54) is 32.2 Å². The number of rotatable bonds is 12.